The molecule has 0 bridgehead atoms. The van der Waals surface area contributed by atoms with Crippen LogP contribution in [0.4, 0.5) is 0 Å². The number of aliphatic hydroxyl groups excluding tert-OH is 2. The number of ketones is 2. The van der Waals surface area contributed by atoms with E-state index in [1.54, 1.807) is 0 Å². The van der Waals surface area contributed by atoms with Crippen molar-refractivity contribution in [1.29, 1.82) is 0 Å². The van der Waals surface area contributed by atoms with Gasteiger partial charge in [-0.15, -0.1) is 0 Å². The third-order valence-corrected chi connectivity index (χ3v) is 7.66. The predicted octanol–water partition coefficient (Wildman–Crippen LogP) is -0.103. The first-order valence-corrected chi connectivity index (χ1v) is 10.6. The van der Waals surface area contributed by atoms with Crippen LogP contribution in [0, 0.1) is 11.3 Å². The van der Waals surface area contributed by atoms with Gasteiger partial charge in [0.2, 0.25) is 0 Å². The van der Waals surface area contributed by atoms with Gasteiger partial charge in [-0.25, -0.2) is 0 Å². The number of aromatic hydroxyl groups is 1. The minimum Gasteiger partial charge on any atom is -0.508 e. The number of amides is 1. The number of carbonyl (C=O) groups is 3. The van der Waals surface area contributed by atoms with Gasteiger partial charge >= 0.3 is 0 Å². The summed E-state index contributed by atoms with van der Waals surface area (Å²) >= 11 is 0. The molecule has 0 saturated carbocycles. The fourth-order valence-corrected chi connectivity index (χ4v) is 5.39. The molecule has 0 unspecified atom stereocenters. The molecule has 0 radical (unpaired) electrons. The lowest BCUT2D eigenvalue weighted by Gasteiger charge is -2.56. The van der Waals surface area contributed by atoms with Gasteiger partial charge in [0.1, 0.15) is 22.7 Å². The van der Waals surface area contributed by atoms with E-state index in [1.807, 2.05) is 0 Å². The van der Waals surface area contributed by atoms with Gasteiger partial charge in [0.05, 0.1) is 28.7 Å². The fraction of sp³-hybridized carbons (Fsp3) is 0.458. The molecule has 7 N–H and O–H groups in total. The SMILES string of the molecule is C=C1C(=O)c2c(O)cccc2[C@@](C)(O)[C@@]1(C)[C@H](O)[C@H]1[C@H](N(C)C)C(=O)C(C(N)=O)=C(O)[C@]1(C)O. The van der Waals surface area contributed by atoms with E-state index in [2.05, 4.69) is 6.58 Å². The number of phenols is 1. The number of Topliss-reactive ketones (excluding diaryl/α,β-unsaturated/α-hetero) is 2. The molecule has 0 heterocycles. The highest BCUT2D eigenvalue weighted by molar-refractivity contribution is 6.22. The lowest BCUT2D eigenvalue weighted by molar-refractivity contribution is -0.178. The van der Waals surface area contributed by atoms with Crippen LogP contribution in [0.25, 0.3) is 0 Å². The smallest absolute Gasteiger partial charge is 0.255 e. The molecule has 184 valence electrons. The van der Waals surface area contributed by atoms with Gasteiger partial charge in [-0.3, -0.25) is 19.3 Å². The Morgan fingerprint density at radius 2 is 1.71 bits per heavy atom. The van der Waals surface area contributed by atoms with Crippen LogP contribution < -0.4 is 5.73 Å². The number of nitrogens with zero attached hydrogens (tertiary/aromatic N) is 1. The molecule has 0 spiro atoms. The largest absolute Gasteiger partial charge is 0.508 e. The zero-order chi connectivity index (χ0) is 26.1. The average Bonchev–Trinajstić information content (AvgIpc) is 2.72. The van der Waals surface area contributed by atoms with Crippen LogP contribution in [-0.4, -0.2) is 79.7 Å². The zero-order valence-corrected chi connectivity index (χ0v) is 19.7. The Balaban J connectivity index is 2.31. The third kappa shape index (κ3) is 3.06. The Kier molecular flexibility index (Phi) is 5.82. The quantitative estimate of drug-likeness (QED) is 0.256. The number of hydrogen-bond acceptors (Lipinski definition) is 9. The lowest BCUT2D eigenvalue weighted by Crippen LogP contribution is -2.67. The summed E-state index contributed by atoms with van der Waals surface area (Å²) in [5.74, 6) is -5.85. The van der Waals surface area contributed by atoms with Gasteiger partial charge in [-0.1, -0.05) is 18.7 Å². The van der Waals surface area contributed by atoms with Crippen LogP contribution in [-0.2, 0) is 15.2 Å². The lowest BCUT2D eigenvalue weighted by atomic mass is 9.52. The maximum atomic E-state index is 13.2. The third-order valence-electron chi connectivity index (χ3n) is 7.66. The number of benzene rings is 1. The predicted molar refractivity (Wildman–Crippen MR) is 121 cm³/mol. The second-order valence-corrected chi connectivity index (χ2v) is 9.76. The Hall–Kier alpha value is -3.05. The number of phenolic OH excluding ortho intramolecular Hbond substituents is 1. The maximum absolute atomic E-state index is 13.2. The van der Waals surface area contributed by atoms with E-state index >= 15 is 0 Å². The first-order valence-electron chi connectivity index (χ1n) is 10.6. The topological polar surface area (TPSA) is 182 Å². The Morgan fingerprint density at radius 3 is 2.21 bits per heavy atom. The van der Waals surface area contributed by atoms with E-state index in [4.69, 9.17) is 5.73 Å². The van der Waals surface area contributed by atoms with Gasteiger partial charge in [-0.05, 0) is 46.5 Å². The first-order chi connectivity index (χ1) is 15.5. The van der Waals surface area contributed by atoms with E-state index in [0.717, 1.165) is 6.92 Å². The minimum atomic E-state index is -2.37. The highest BCUT2D eigenvalue weighted by Gasteiger charge is 2.65. The van der Waals surface area contributed by atoms with Crippen LogP contribution in [0.2, 0.25) is 0 Å². The Labute approximate surface area is 196 Å². The van der Waals surface area contributed by atoms with Crippen molar-refractivity contribution in [2.45, 2.75) is 44.1 Å². The molecule has 0 saturated heterocycles. The molecule has 1 amide bonds. The summed E-state index contributed by atoms with van der Waals surface area (Å²) in [4.78, 5) is 39.7. The first kappa shape index (κ1) is 25.6. The van der Waals surface area contributed by atoms with Crippen molar-refractivity contribution in [3.63, 3.8) is 0 Å². The minimum absolute atomic E-state index is 0.0206. The summed E-state index contributed by atoms with van der Waals surface area (Å²) in [5, 5.41) is 55.8. The zero-order valence-electron chi connectivity index (χ0n) is 19.7. The summed E-state index contributed by atoms with van der Waals surface area (Å²) in [6, 6.07) is 2.75. The molecule has 10 heteroatoms. The Morgan fingerprint density at radius 1 is 1.15 bits per heavy atom. The van der Waals surface area contributed by atoms with Crippen molar-refractivity contribution in [3.8, 4) is 5.75 Å². The summed E-state index contributed by atoms with van der Waals surface area (Å²) in [7, 11) is 2.93. The van der Waals surface area contributed by atoms with Crippen molar-refractivity contribution in [3.05, 3.63) is 52.8 Å². The fourth-order valence-electron chi connectivity index (χ4n) is 5.39. The van der Waals surface area contributed by atoms with Crippen LogP contribution in [0.1, 0.15) is 36.7 Å². The summed E-state index contributed by atoms with van der Waals surface area (Å²) < 4.78 is 0. The molecular formula is C24H30N2O8. The number of primary amides is 1. The van der Waals surface area contributed by atoms with Crippen molar-refractivity contribution in [1.82, 2.24) is 4.90 Å². The van der Waals surface area contributed by atoms with Crippen LogP contribution >= 0.6 is 0 Å². The highest BCUT2D eigenvalue weighted by atomic mass is 16.3. The molecule has 2 aliphatic carbocycles. The molecule has 6 atom stereocenters. The van der Waals surface area contributed by atoms with Crippen LogP contribution in [0.5, 0.6) is 5.75 Å². The maximum Gasteiger partial charge on any atom is 0.255 e. The number of carbonyl (C=O) groups excluding carboxylic acids is 3. The number of aliphatic hydroxyl groups is 4. The molecular weight excluding hydrogens is 444 g/mol. The average molecular weight is 475 g/mol. The number of likely N-dealkylation sites (N-methyl/N-ethyl adjacent to an activating group) is 1. The highest BCUT2D eigenvalue weighted by Crippen LogP contribution is 2.57. The van der Waals surface area contributed by atoms with Crippen molar-refractivity contribution in [2.24, 2.45) is 17.1 Å². The second-order valence-electron chi connectivity index (χ2n) is 9.76. The number of nitrogens with two attached hydrogens (primary N) is 1. The monoisotopic (exact) mass is 474 g/mol. The van der Waals surface area contributed by atoms with Gasteiger partial charge in [0.15, 0.2) is 11.6 Å². The number of fused-ring (bicyclic) bond motifs is 1. The normalized spacial score (nSPS) is 34.9. The number of hydrogen-bond donors (Lipinski definition) is 6. The molecule has 3 rings (SSSR count). The molecule has 1 aromatic carbocycles. The molecule has 10 nitrogen and oxygen atoms in total. The standard InChI is InChI=1S/C24H30N2O8/c1-10-17(28)13-11(8-7-9-12(13)27)24(4,34)22(10,2)20(31)15-16(26(5)6)18(29)14(21(25)32)19(30)23(15,3)33/h7-9,15-16,20,27,30-31,33-34H,1H2,2-6H3,(H2,25,32)/t15-,16+,20-,22-,23-,24-/m1/s1. The van der Waals surface area contributed by atoms with Crippen molar-refractivity contribution < 1.29 is 39.9 Å². The van der Waals surface area contributed by atoms with Crippen LogP contribution in [0.3, 0.4) is 0 Å². The van der Waals surface area contributed by atoms with Gasteiger partial charge in [-0.2, -0.15) is 0 Å². The van der Waals surface area contributed by atoms with Crippen molar-refractivity contribution in [2.75, 3.05) is 14.1 Å². The molecule has 0 aromatic heterocycles. The summed E-state index contributed by atoms with van der Waals surface area (Å²) in [6.07, 6.45) is -1.86. The van der Waals surface area contributed by atoms with Crippen LogP contribution in [0.15, 0.2) is 41.7 Å². The van der Waals surface area contributed by atoms with Gasteiger partial charge in [0.25, 0.3) is 5.91 Å². The van der Waals surface area contributed by atoms with E-state index in [0.29, 0.717) is 0 Å². The number of rotatable bonds is 4. The molecule has 0 aliphatic heterocycles. The van der Waals surface area contributed by atoms with Crippen molar-refractivity contribution >= 4 is 17.5 Å². The molecule has 34 heavy (non-hydrogen) atoms. The molecule has 1 aromatic rings. The molecule has 2 aliphatic rings. The van der Waals surface area contributed by atoms with Gasteiger partial charge in [0, 0.05) is 11.5 Å². The molecule has 0 fully saturated rings. The van der Waals surface area contributed by atoms with E-state index in [1.165, 1.54) is 51.0 Å². The van der Waals surface area contributed by atoms with E-state index in [9.17, 15) is 39.9 Å². The van der Waals surface area contributed by atoms with E-state index < -0.39 is 63.5 Å². The Bertz CT molecular complexity index is 1150. The van der Waals surface area contributed by atoms with Gasteiger partial charge < -0.3 is 31.3 Å². The summed E-state index contributed by atoms with van der Waals surface area (Å²) in [6.45, 7) is 7.56. The van der Waals surface area contributed by atoms with E-state index in [-0.39, 0.29) is 22.4 Å². The second kappa shape index (κ2) is 7.74. The summed E-state index contributed by atoms with van der Waals surface area (Å²) in [5.41, 5.74) is -2.23.